The molecule has 0 aliphatic heterocycles. The van der Waals surface area contributed by atoms with Crippen molar-refractivity contribution in [1.29, 1.82) is 0 Å². The molecule has 2 aromatic rings. The third-order valence-corrected chi connectivity index (χ3v) is 1.51. The third-order valence-electron chi connectivity index (χ3n) is 1.51. The molecule has 0 aliphatic carbocycles. The Morgan fingerprint density at radius 2 is 0.800 bits per heavy atom. The molecule has 0 atom stereocenters. The lowest BCUT2D eigenvalue weighted by Gasteiger charge is -1.82. The molecule has 0 radical (unpaired) electrons. The average molecular weight is 206 g/mol. The van der Waals surface area contributed by atoms with Crippen LogP contribution in [0.3, 0.4) is 0 Å². The summed E-state index contributed by atoms with van der Waals surface area (Å²) < 4.78 is 0. The second-order valence-electron chi connectivity index (χ2n) is 2.67. The smallest absolute Gasteiger partial charge is 0.115 e. The molecule has 3 heteroatoms. The Morgan fingerprint density at radius 3 is 0.933 bits per heavy atom. The van der Waals surface area contributed by atoms with Crippen LogP contribution in [0.4, 0.5) is 0 Å². The number of phenolic OH excluding ortho intramolecular Hbond substituents is 2. The van der Waals surface area contributed by atoms with E-state index in [1.165, 1.54) is 0 Å². The van der Waals surface area contributed by atoms with E-state index in [4.69, 9.17) is 10.2 Å². The van der Waals surface area contributed by atoms with E-state index in [2.05, 4.69) is 0 Å². The van der Waals surface area contributed by atoms with Crippen LogP contribution in [0.25, 0.3) is 0 Å². The first-order valence-corrected chi connectivity index (χ1v) is 4.27. The van der Waals surface area contributed by atoms with Gasteiger partial charge in [-0.15, -0.1) is 0 Å². The minimum atomic E-state index is 0. The SMILES string of the molecule is Oc1ccccc1.Oc1ccccc1.[NH4+]. The Hall–Kier alpha value is -2.00. The molecule has 0 amide bonds. The van der Waals surface area contributed by atoms with Crippen LogP contribution in [0.15, 0.2) is 60.7 Å². The molecule has 6 N–H and O–H groups in total. The van der Waals surface area contributed by atoms with Gasteiger partial charge in [-0.3, -0.25) is 0 Å². The van der Waals surface area contributed by atoms with Crippen molar-refractivity contribution in [1.82, 2.24) is 6.15 Å². The van der Waals surface area contributed by atoms with Crippen LogP contribution in [0.2, 0.25) is 0 Å². The number of phenols is 2. The second-order valence-corrected chi connectivity index (χ2v) is 2.67. The fraction of sp³-hybridized carbons (Fsp3) is 0. The summed E-state index contributed by atoms with van der Waals surface area (Å²) >= 11 is 0. The van der Waals surface area contributed by atoms with Gasteiger partial charge in [0, 0.05) is 0 Å². The Morgan fingerprint density at radius 1 is 0.533 bits per heavy atom. The Balaban J connectivity index is 0.000000245. The molecule has 0 saturated carbocycles. The first-order chi connectivity index (χ1) is 6.79. The minimum absolute atomic E-state index is 0. The van der Waals surface area contributed by atoms with Crippen LogP contribution in [0, 0.1) is 0 Å². The van der Waals surface area contributed by atoms with Crippen LogP contribution < -0.4 is 6.15 Å². The van der Waals surface area contributed by atoms with Gasteiger partial charge in [0.2, 0.25) is 0 Å². The lowest BCUT2D eigenvalue weighted by atomic mass is 10.3. The number of hydrogen-bond acceptors (Lipinski definition) is 2. The lowest BCUT2D eigenvalue weighted by molar-refractivity contribution is 0.475. The molecule has 80 valence electrons. The summed E-state index contributed by atoms with van der Waals surface area (Å²) in [5.41, 5.74) is 0. The zero-order valence-corrected chi connectivity index (χ0v) is 8.67. The van der Waals surface area contributed by atoms with E-state index in [9.17, 15) is 0 Å². The summed E-state index contributed by atoms with van der Waals surface area (Å²) in [4.78, 5) is 0. The summed E-state index contributed by atoms with van der Waals surface area (Å²) in [5.74, 6) is 0.644. The molecule has 0 aliphatic rings. The normalized spacial score (nSPS) is 8.00. The third kappa shape index (κ3) is 6.12. The molecule has 2 rings (SSSR count). The summed E-state index contributed by atoms with van der Waals surface area (Å²) in [6, 6.07) is 17.4. The number of quaternary nitrogens is 1. The Kier molecular flexibility index (Phi) is 6.42. The van der Waals surface area contributed by atoms with E-state index >= 15 is 0 Å². The van der Waals surface area contributed by atoms with Crippen LogP contribution in [-0.4, -0.2) is 10.2 Å². The molecule has 15 heavy (non-hydrogen) atoms. The maximum absolute atomic E-state index is 8.63. The van der Waals surface area contributed by atoms with Gasteiger partial charge in [-0.2, -0.15) is 0 Å². The predicted molar refractivity (Wildman–Crippen MR) is 62.2 cm³/mol. The number of para-hydroxylation sites is 2. The Labute approximate surface area is 89.2 Å². The minimum Gasteiger partial charge on any atom is -0.508 e. The van der Waals surface area contributed by atoms with E-state index in [0.717, 1.165) is 0 Å². The molecular weight excluding hydrogens is 190 g/mol. The predicted octanol–water partition coefficient (Wildman–Crippen LogP) is 3.16. The van der Waals surface area contributed by atoms with Crippen LogP contribution in [0.1, 0.15) is 0 Å². The van der Waals surface area contributed by atoms with Gasteiger partial charge in [0.1, 0.15) is 11.5 Å². The van der Waals surface area contributed by atoms with Gasteiger partial charge in [-0.25, -0.2) is 0 Å². The van der Waals surface area contributed by atoms with Gasteiger partial charge in [-0.1, -0.05) is 36.4 Å². The zero-order chi connectivity index (χ0) is 10.2. The van der Waals surface area contributed by atoms with Crippen molar-refractivity contribution in [2.24, 2.45) is 0 Å². The molecule has 0 saturated heterocycles. The van der Waals surface area contributed by atoms with Gasteiger partial charge in [0.15, 0.2) is 0 Å². The maximum Gasteiger partial charge on any atom is 0.115 e. The second kappa shape index (κ2) is 7.41. The molecule has 0 aromatic heterocycles. The van der Waals surface area contributed by atoms with Crippen molar-refractivity contribution in [2.75, 3.05) is 0 Å². The summed E-state index contributed by atoms with van der Waals surface area (Å²) in [6.07, 6.45) is 0. The summed E-state index contributed by atoms with van der Waals surface area (Å²) in [7, 11) is 0. The van der Waals surface area contributed by atoms with Gasteiger partial charge in [-0.05, 0) is 24.3 Å². The summed E-state index contributed by atoms with van der Waals surface area (Å²) in [5, 5.41) is 17.3. The number of hydrogen-bond donors (Lipinski definition) is 3. The van der Waals surface area contributed by atoms with Gasteiger partial charge in [0.05, 0.1) is 0 Å². The van der Waals surface area contributed by atoms with Gasteiger partial charge < -0.3 is 16.4 Å². The first kappa shape index (κ1) is 13.0. The highest BCUT2D eigenvalue weighted by atomic mass is 16.3. The topological polar surface area (TPSA) is 77.0 Å². The van der Waals surface area contributed by atoms with E-state index < -0.39 is 0 Å². The van der Waals surface area contributed by atoms with E-state index in [1.54, 1.807) is 48.5 Å². The number of rotatable bonds is 0. The maximum atomic E-state index is 8.63. The fourth-order valence-electron chi connectivity index (χ4n) is 0.856. The van der Waals surface area contributed by atoms with E-state index in [0.29, 0.717) is 11.5 Å². The lowest BCUT2D eigenvalue weighted by Crippen LogP contribution is -1.56. The molecule has 3 nitrogen and oxygen atoms in total. The molecule has 0 heterocycles. The van der Waals surface area contributed by atoms with Crippen molar-refractivity contribution < 1.29 is 10.2 Å². The van der Waals surface area contributed by atoms with E-state index in [1.807, 2.05) is 12.1 Å². The van der Waals surface area contributed by atoms with Crippen LogP contribution in [-0.2, 0) is 0 Å². The standard InChI is InChI=1S/2C6H6O.H3N/c2*7-6-4-2-1-3-5-6;/h2*1-5,7H;1H3/p+1. The highest BCUT2D eigenvalue weighted by Crippen LogP contribution is 2.03. The van der Waals surface area contributed by atoms with Crippen molar-refractivity contribution in [3.63, 3.8) is 0 Å². The molecular formula is C12H16NO2+. The number of benzene rings is 2. The van der Waals surface area contributed by atoms with E-state index in [-0.39, 0.29) is 6.15 Å². The number of aromatic hydroxyl groups is 2. The first-order valence-electron chi connectivity index (χ1n) is 4.27. The van der Waals surface area contributed by atoms with Gasteiger partial charge in [0.25, 0.3) is 0 Å². The fourth-order valence-corrected chi connectivity index (χ4v) is 0.856. The van der Waals surface area contributed by atoms with Crippen LogP contribution in [0.5, 0.6) is 11.5 Å². The molecule has 0 bridgehead atoms. The zero-order valence-electron chi connectivity index (χ0n) is 8.67. The highest BCUT2D eigenvalue weighted by molar-refractivity contribution is 5.19. The molecule has 0 fully saturated rings. The average Bonchev–Trinajstić information content (AvgIpc) is 2.21. The van der Waals surface area contributed by atoms with Gasteiger partial charge >= 0.3 is 0 Å². The van der Waals surface area contributed by atoms with Crippen molar-refractivity contribution in [3.8, 4) is 11.5 Å². The summed E-state index contributed by atoms with van der Waals surface area (Å²) in [6.45, 7) is 0. The van der Waals surface area contributed by atoms with Crippen molar-refractivity contribution >= 4 is 0 Å². The van der Waals surface area contributed by atoms with Crippen LogP contribution >= 0.6 is 0 Å². The quantitative estimate of drug-likeness (QED) is 0.619. The van der Waals surface area contributed by atoms with Crippen molar-refractivity contribution in [3.05, 3.63) is 60.7 Å². The highest BCUT2D eigenvalue weighted by Gasteiger charge is 1.75. The monoisotopic (exact) mass is 206 g/mol. The van der Waals surface area contributed by atoms with Crippen molar-refractivity contribution in [2.45, 2.75) is 0 Å². The molecule has 0 spiro atoms. The molecule has 2 aromatic carbocycles. The molecule has 0 unspecified atom stereocenters. The Bertz CT molecular complexity index is 311. The largest absolute Gasteiger partial charge is 0.508 e.